The molecule has 2 atom stereocenters. The molecule has 3 aromatic rings. The Labute approximate surface area is 187 Å². The molecule has 4 rings (SSSR count). The summed E-state index contributed by atoms with van der Waals surface area (Å²) in [6.45, 7) is 6.01. The first kappa shape index (κ1) is 21.7. The summed E-state index contributed by atoms with van der Waals surface area (Å²) < 4.78 is 34.7. The number of sulfonamides is 1. The van der Waals surface area contributed by atoms with Gasteiger partial charge in [-0.1, -0.05) is 30.3 Å². The molecule has 0 bridgehead atoms. The van der Waals surface area contributed by atoms with Crippen LogP contribution >= 0.6 is 11.3 Å². The lowest BCUT2D eigenvalue weighted by Crippen LogP contribution is -2.54. The van der Waals surface area contributed by atoms with Gasteiger partial charge in [0.15, 0.2) is 0 Å². The topological polar surface area (TPSA) is 70.7 Å². The van der Waals surface area contributed by atoms with Crippen molar-refractivity contribution in [1.82, 2.24) is 5.32 Å². The van der Waals surface area contributed by atoms with Gasteiger partial charge in [-0.25, -0.2) is 8.42 Å². The van der Waals surface area contributed by atoms with E-state index in [-0.39, 0.29) is 4.21 Å². The van der Waals surface area contributed by atoms with Crippen molar-refractivity contribution in [2.24, 2.45) is 0 Å². The van der Waals surface area contributed by atoms with Gasteiger partial charge < -0.3 is 15.0 Å². The van der Waals surface area contributed by atoms with Crippen LogP contribution in [0.1, 0.15) is 13.8 Å². The largest absolute Gasteiger partial charge is 0.495 e. The van der Waals surface area contributed by atoms with Gasteiger partial charge in [-0.3, -0.25) is 4.72 Å². The van der Waals surface area contributed by atoms with Gasteiger partial charge in [0.2, 0.25) is 0 Å². The highest BCUT2D eigenvalue weighted by atomic mass is 32.2. The zero-order valence-corrected chi connectivity index (χ0v) is 19.5. The molecule has 1 aliphatic rings. The number of methoxy groups -OCH3 is 1. The number of benzene rings is 2. The Morgan fingerprint density at radius 2 is 1.74 bits per heavy atom. The number of nitrogens with zero attached hydrogens (tertiary/aromatic N) is 1. The number of ether oxygens (including phenoxy) is 1. The van der Waals surface area contributed by atoms with E-state index in [0.717, 1.165) is 29.2 Å². The number of piperazine rings is 1. The molecule has 0 saturated carbocycles. The molecule has 0 amide bonds. The summed E-state index contributed by atoms with van der Waals surface area (Å²) in [6, 6.07) is 19.6. The highest BCUT2D eigenvalue weighted by Crippen LogP contribution is 2.35. The third kappa shape index (κ3) is 4.87. The van der Waals surface area contributed by atoms with Crippen molar-refractivity contribution in [1.29, 1.82) is 0 Å². The Hall–Kier alpha value is -2.55. The summed E-state index contributed by atoms with van der Waals surface area (Å²) in [4.78, 5) is 3.17. The number of nitrogens with one attached hydrogen (secondary N) is 2. The van der Waals surface area contributed by atoms with Crippen LogP contribution in [0.5, 0.6) is 5.75 Å². The maximum absolute atomic E-state index is 13.1. The van der Waals surface area contributed by atoms with Crippen molar-refractivity contribution in [2.45, 2.75) is 30.1 Å². The summed E-state index contributed by atoms with van der Waals surface area (Å²) in [5.41, 5.74) is 2.40. The van der Waals surface area contributed by atoms with Crippen LogP contribution in [0.25, 0.3) is 10.4 Å². The van der Waals surface area contributed by atoms with E-state index in [1.54, 1.807) is 13.2 Å². The molecule has 1 saturated heterocycles. The Balaban J connectivity index is 1.61. The van der Waals surface area contributed by atoms with Crippen LogP contribution in [0.15, 0.2) is 64.9 Å². The van der Waals surface area contributed by atoms with E-state index >= 15 is 0 Å². The number of rotatable bonds is 6. The lowest BCUT2D eigenvalue weighted by molar-refractivity contribution is 0.406. The molecule has 0 spiro atoms. The molecule has 1 aromatic heterocycles. The molecular formula is C23H27N3O3S2. The standard InChI is InChI=1S/C23H27N3O3S2/c1-16-14-26(15-17(2)24-16)19-9-10-21(29-3)20(13-19)25-31(27,28)23-12-11-22(30-23)18-7-5-4-6-8-18/h4-13,16-17,24-25H,14-15H2,1-3H3/t16-,17+. The normalized spacial score (nSPS) is 19.3. The molecule has 0 aliphatic carbocycles. The molecule has 0 unspecified atom stereocenters. The average molecular weight is 458 g/mol. The lowest BCUT2D eigenvalue weighted by atomic mass is 10.1. The first-order chi connectivity index (χ1) is 14.9. The molecule has 2 aromatic carbocycles. The molecule has 0 radical (unpaired) electrons. The van der Waals surface area contributed by atoms with Gasteiger partial charge in [-0.05, 0) is 49.7 Å². The SMILES string of the molecule is COc1ccc(N2C[C@@H](C)N[C@@H](C)C2)cc1NS(=O)(=O)c1ccc(-c2ccccc2)s1. The molecular weight excluding hydrogens is 430 g/mol. The minimum atomic E-state index is -3.74. The van der Waals surface area contributed by atoms with E-state index in [1.807, 2.05) is 54.6 Å². The van der Waals surface area contributed by atoms with Gasteiger partial charge in [0.1, 0.15) is 9.96 Å². The van der Waals surface area contributed by atoms with E-state index in [1.165, 1.54) is 11.3 Å². The second-order valence-corrected chi connectivity index (χ2v) is 10.8. The van der Waals surface area contributed by atoms with Gasteiger partial charge in [0.25, 0.3) is 10.0 Å². The monoisotopic (exact) mass is 457 g/mol. The Morgan fingerprint density at radius 3 is 2.42 bits per heavy atom. The number of thiophene rings is 1. The molecule has 2 heterocycles. The van der Waals surface area contributed by atoms with Crippen LogP contribution in [0, 0.1) is 0 Å². The molecule has 1 fully saturated rings. The predicted molar refractivity (Wildman–Crippen MR) is 128 cm³/mol. The zero-order valence-electron chi connectivity index (χ0n) is 17.8. The smallest absolute Gasteiger partial charge is 0.271 e. The van der Waals surface area contributed by atoms with E-state index in [4.69, 9.17) is 4.74 Å². The van der Waals surface area contributed by atoms with Crippen molar-refractivity contribution in [3.8, 4) is 16.2 Å². The Bertz CT molecular complexity index is 1140. The van der Waals surface area contributed by atoms with Crippen molar-refractivity contribution < 1.29 is 13.2 Å². The Morgan fingerprint density at radius 1 is 1.03 bits per heavy atom. The molecule has 164 valence electrons. The maximum Gasteiger partial charge on any atom is 0.271 e. The molecule has 6 nitrogen and oxygen atoms in total. The average Bonchev–Trinajstić information content (AvgIpc) is 3.25. The minimum Gasteiger partial charge on any atom is -0.495 e. The summed E-state index contributed by atoms with van der Waals surface area (Å²) in [5, 5.41) is 3.52. The fourth-order valence-corrected chi connectivity index (χ4v) is 6.30. The van der Waals surface area contributed by atoms with Crippen LogP contribution in [0.3, 0.4) is 0 Å². The van der Waals surface area contributed by atoms with Crippen LogP contribution in [0.2, 0.25) is 0 Å². The van der Waals surface area contributed by atoms with E-state index in [2.05, 4.69) is 28.8 Å². The first-order valence-corrected chi connectivity index (χ1v) is 12.5. The number of hydrogen-bond donors (Lipinski definition) is 2. The summed E-state index contributed by atoms with van der Waals surface area (Å²) >= 11 is 1.25. The zero-order chi connectivity index (χ0) is 22.0. The van der Waals surface area contributed by atoms with Gasteiger partial charge >= 0.3 is 0 Å². The highest BCUT2D eigenvalue weighted by Gasteiger charge is 2.24. The second-order valence-electron chi connectivity index (χ2n) is 7.85. The van der Waals surface area contributed by atoms with Crippen molar-refractivity contribution in [3.63, 3.8) is 0 Å². The van der Waals surface area contributed by atoms with Gasteiger partial charge in [-0.15, -0.1) is 11.3 Å². The molecule has 8 heteroatoms. The quantitative estimate of drug-likeness (QED) is 0.574. The predicted octanol–water partition coefficient (Wildman–Crippen LogP) is 4.41. The van der Waals surface area contributed by atoms with Crippen LogP contribution in [-0.2, 0) is 10.0 Å². The van der Waals surface area contributed by atoms with E-state index in [9.17, 15) is 8.42 Å². The second kappa shape index (κ2) is 8.90. The van der Waals surface area contributed by atoms with Crippen LogP contribution in [0.4, 0.5) is 11.4 Å². The number of anilines is 2. The summed E-state index contributed by atoms with van der Waals surface area (Å²) in [5.74, 6) is 0.489. The Kier molecular flexibility index (Phi) is 6.22. The van der Waals surface area contributed by atoms with Gasteiger partial charge in [0, 0.05) is 35.7 Å². The highest BCUT2D eigenvalue weighted by molar-refractivity contribution is 7.94. The molecule has 31 heavy (non-hydrogen) atoms. The van der Waals surface area contributed by atoms with Crippen LogP contribution < -0.4 is 19.7 Å². The molecule has 2 N–H and O–H groups in total. The molecule has 1 aliphatic heterocycles. The van der Waals surface area contributed by atoms with E-state index in [0.29, 0.717) is 23.5 Å². The van der Waals surface area contributed by atoms with Crippen molar-refractivity contribution in [3.05, 3.63) is 60.7 Å². The third-order valence-electron chi connectivity index (χ3n) is 5.25. The maximum atomic E-state index is 13.1. The fraction of sp³-hybridized carbons (Fsp3) is 0.304. The summed E-state index contributed by atoms with van der Waals surface area (Å²) in [7, 11) is -2.20. The van der Waals surface area contributed by atoms with Crippen molar-refractivity contribution >= 4 is 32.7 Å². The van der Waals surface area contributed by atoms with Gasteiger partial charge in [-0.2, -0.15) is 0 Å². The third-order valence-corrected chi connectivity index (χ3v) is 8.25. The van der Waals surface area contributed by atoms with E-state index < -0.39 is 10.0 Å². The van der Waals surface area contributed by atoms with Crippen molar-refractivity contribution in [2.75, 3.05) is 29.8 Å². The minimum absolute atomic E-state index is 0.267. The fourth-order valence-electron chi connectivity index (χ4n) is 3.93. The summed E-state index contributed by atoms with van der Waals surface area (Å²) in [6.07, 6.45) is 0. The first-order valence-electron chi connectivity index (χ1n) is 10.2. The van der Waals surface area contributed by atoms with Gasteiger partial charge in [0.05, 0.1) is 12.8 Å². The van der Waals surface area contributed by atoms with Crippen LogP contribution in [-0.4, -0.2) is 40.7 Å². The number of hydrogen-bond acceptors (Lipinski definition) is 6. The lowest BCUT2D eigenvalue weighted by Gasteiger charge is -2.38.